The predicted molar refractivity (Wildman–Crippen MR) is 499 cm³/mol. The number of rotatable bonds is 46. The largest absolute Gasteiger partial charge is 0.289 e. The maximum absolute atomic E-state index is 15.2. The molecular weight excluding hydrogens is 1660 g/mol. The highest BCUT2D eigenvalue weighted by Gasteiger charge is 2.38. The number of carbonyl (C=O) groups is 2. The summed E-state index contributed by atoms with van der Waals surface area (Å²) < 4.78 is 64.6. The molecule has 0 amide bonds. The van der Waals surface area contributed by atoms with E-state index in [4.69, 9.17) is 39.7 Å². The monoisotopic (exact) mass is 1770 g/mol. The van der Waals surface area contributed by atoms with Gasteiger partial charge in [0.05, 0.1) is 42.2 Å². The number of unbranched alkanes of at least 4 members (excludes halogenated alkanes) is 24. The second kappa shape index (κ2) is 44.2. The van der Waals surface area contributed by atoms with Crippen LogP contribution in [0.5, 0.6) is 0 Å². The smallest absolute Gasteiger partial charge is 0.270 e. The summed E-state index contributed by atoms with van der Waals surface area (Å²) in [4.78, 5) is 54.2. The summed E-state index contributed by atoms with van der Waals surface area (Å²) in [6.07, 6.45) is 45.0. The van der Waals surface area contributed by atoms with Crippen LogP contribution in [0.2, 0.25) is 10.0 Å². The van der Waals surface area contributed by atoms with Gasteiger partial charge in [-0.3, -0.25) is 9.59 Å². The molecule has 0 aliphatic heterocycles. The summed E-state index contributed by atoms with van der Waals surface area (Å²) in [5, 5.41) is 32.7. The molecule has 624 valence electrons. The number of fused-ring (bicyclic) bond motifs is 5. The summed E-state index contributed by atoms with van der Waals surface area (Å²) >= 11 is 26.6. The van der Waals surface area contributed by atoms with Gasteiger partial charge in [0.1, 0.15) is 40.1 Å². The van der Waals surface area contributed by atoms with Gasteiger partial charge in [0.25, 0.3) is 5.70 Å². The van der Waals surface area contributed by atoms with Gasteiger partial charge in [-0.2, -0.15) is 10.5 Å². The Bertz CT molecular complexity index is 5260. The predicted octanol–water partition coefficient (Wildman–Crippen LogP) is 34.2. The zero-order valence-corrected chi connectivity index (χ0v) is 76.7. The minimum Gasteiger partial charge on any atom is -0.289 e. The zero-order valence-electron chi connectivity index (χ0n) is 69.4. The van der Waals surface area contributed by atoms with Crippen molar-refractivity contribution in [2.24, 2.45) is 11.8 Å². The lowest BCUT2D eigenvalue weighted by molar-refractivity contribution is 0.103. The van der Waals surface area contributed by atoms with Crippen LogP contribution < -0.4 is 0 Å². The van der Waals surface area contributed by atoms with Crippen LogP contribution in [-0.4, -0.2) is 21.5 Å². The second-order valence-corrected chi connectivity index (χ2v) is 40.6. The Labute approximate surface area is 738 Å². The summed E-state index contributed by atoms with van der Waals surface area (Å²) in [5.41, 5.74) is 3.96. The van der Waals surface area contributed by atoms with Gasteiger partial charge in [0, 0.05) is 81.5 Å². The van der Waals surface area contributed by atoms with Crippen LogP contribution in [0.25, 0.3) is 98.6 Å². The first kappa shape index (κ1) is 91.0. The molecule has 8 aromatic heterocycles. The fraction of sp³-hybridized carbons (Fsp3) is 0.469. The number of hydrogen-bond donors (Lipinski definition) is 0. The number of ketones is 2. The lowest BCUT2D eigenvalue weighted by atomic mass is 9.92. The molecule has 2 unspecified atom stereocenters. The van der Waals surface area contributed by atoms with E-state index in [1.807, 2.05) is 18.2 Å². The minimum atomic E-state index is -1.20. The van der Waals surface area contributed by atoms with Gasteiger partial charge in [-0.05, 0) is 133 Å². The molecule has 12 rings (SSSR count). The second-order valence-electron chi connectivity index (χ2n) is 32.2. The van der Waals surface area contributed by atoms with Crippen molar-refractivity contribution in [2.45, 2.75) is 286 Å². The average Bonchev–Trinajstić information content (AvgIpc) is 1.58. The van der Waals surface area contributed by atoms with Gasteiger partial charge in [-0.15, -0.1) is 79.4 Å². The Balaban J connectivity index is 1.07. The van der Waals surface area contributed by atoms with Crippen molar-refractivity contribution in [1.29, 1.82) is 15.8 Å². The zero-order chi connectivity index (χ0) is 84.2. The number of carbonyl (C=O) groups excluding carboxylic acids is 2. The number of aryl methyl sites for hydroxylation is 2. The highest BCUT2D eigenvalue weighted by atomic mass is 35.5. The van der Waals surface area contributed by atoms with Crippen molar-refractivity contribution in [2.75, 3.05) is 0 Å². The first-order valence-corrected chi connectivity index (χ1v) is 50.0. The molecule has 2 aromatic carbocycles. The number of halogens is 6. The van der Waals surface area contributed by atoms with Crippen LogP contribution in [0.15, 0.2) is 70.9 Å². The van der Waals surface area contributed by atoms with E-state index in [1.54, 1.807) is 68.8 Å². The fourth-order valence-corrected chi connectivity index (χ4v) is 26.7. The topological polar surface area (TPSA) is 136 Å². The van der Waals surface area contributed by atoms with Gasteiger partial charge >= 0.3 is 0 Å². The van der Waals surface area contributed by atoms with Crippen molar-refractivity contribution in [1.82, 2.24) is 9.97 Å². The van der Waals surface area contributed by atoms with Gasteiger partial charge in [-0.1, -0.05) is 270 Å². The van der Waals surface area contributed by atoms with E-state index < -0.39 is 34.8 Å². The van der Waals surface area contributed by atoms with Crippen molar-refractivity contribution in [3.05, 3.63) is 169 Å². The van der Waals surface area contributed by atoms with Crippen LogP contribution >= 0.6 is 103 Å². The molecule has 8 nitrogen and oxygen atoms in total. The maximum Gasteiger partial charge on any atom is 0.270 e. The lowest BCUT2D eigenvalue weighted by Gasteiger charge is -2.16. The summed E-state index contributed by atoms with van der Waals surface area (Å²) in [7, 11) is 0. The number of nitriles is 3. The number of thiophene rings is 7. The SMILES string of the molecule is [C-]#[N+]C(C#N)=C1/C(=C/c2sc3cc(-c4sc(-c5cc6sc(/C=C7\C(=O)c8cc(F)c(F)cc8C7=C(C#N)C#N)c(CCCCCCCCCCC)c6s5)c5nc(-c6cc(Cl)c(CC(CCCC)CCCCCC)s6)c(-c6cc(Cl)c(CC(CCCC)CCCCCC)s6)nc45)sc3c2CCCCCCCCCCC)C(=O)c2cc(F)c(F)cc21. The number of allylic oxidation sites excluding steroid dienone is 6. The lowest BCUT2D eigenvalue weighted by Crippen LogP contribution is -2.04. The third-order valence-electron chi connectivity index (χ3n) is 23.5. The molecule has 8 heterocycles. The third-order valence-corrected chi connectivity index (χ3v) is 33.1. The molecular formula is C98H106Cl2F4N6O2S7. The average molecular weight is 1770 g/mol. The molecule has 119 heavy (non-hydrogen) atoms. The Morgan fingerprint density at radius 3 is 1.16 bits per heavy atom. The number of Topliss-reactive ketones (excluding diaryl/α,β-unsaturated/α-hetero) is 2. The van der Waals surface area contributed by atoms with Gasteiger partial charge in [-0.25, -0.2) is 37.6 Å². The van der Waals surface area contributed by atoms with E-state index in [0.29, 0.717) is 47.1 Å². The Kier molecular flexibility index (Phi) is 33.8. The van der Waals surface area contributed by atoms with Crippen molar-refractivity contribution in [3.8, 4) is 58.9 Å². The van der Waals surface area contributed by atoms with E-state index in [0.717, 1.165) is 229 Å². The number of nitrogens with zero attached hydrogens (tertiary/aromatic N) is 6. The molecule has 0 spiro atoms. The van der Waals surface area contributed by atoms with E-state index in [1.165, 1.54) is 138 Å². The van der Waals surface area contributed by atoms with Gasteiger partial charge < -0.3 is 0 Å². The number of benzene rings is 2. The van der Waals surface area contributed by atoms with Crippen LogP contribution in [0.3, 0.4) is 0 Å². The van der Waals surface area contributed by atoms with E-state index in [2.05, 4.69) is 70.7 Å². The Morgan fingerprint density at radius 1 is 0.429 bits per heavy atom. The summed E-state index contributed by atoms with van der Waals surface area (Å²) in [6, 6.07) is 18.0. The standard InChI is InChI=1S/C98H106Cl2F4N6O2S7/c1-8-14-20-24-26-28-30-32-36-42-62-77(50-68-87(61(56-105)57-106)64-46-72(101)74(103)48-66(64)93(68)111)113-83-54-85(117-95(62)83)97-91-92(110-90(82-53-71(100)80(116-82)45-60(39-19-13-6)41-35-23-17-11-4)89(109-91)81-52-70(99)79(115-81)44-59(38-18-12-5)40-34-22-16-10-3)98(119-97)86-55-84-96(118-86)63(43-37-33-31-29-27-25-21-15-9-2)78(114-84)51-69-88(76(58-107)108-7)65-47-73(102)75(104)49-67(65)94(69)112/h46-55,59-60H,8-45H2,1-6H3/b68-50-,69-51-,88-76?. The quantitative estimate of drug-likeness (QED) is 0.0122. The van der Waals surface area contributed by atoms with Gasteiger partial charge in [0.2, 0.25) is 0 Å². The van der Waals surface area contributed by atoms with Crippen LogP contribution in [0, 0.1) is 75.7 Å². The number of hydrogen-bond acceptors (Lipinski definition) is 14. The molecule has 0 fully saturated rings. The van der Waals surface area contributed by atoms with Crippen molar-refractivity contribution >= 4 is 167 Å². The molecule has 10 aromatic rings. The maximum atomic E-state index is 15.2. The summed E-state index contributed by atoms with van der Waals surface area (Å²) in [6.45, 7) is 21.6. The number of aromatic nitrogens is 2. The molecule has 0 saturated heterocycles. The Morgan fingerprint density at radius 2 is 0.782 bits per heavy atom. The molecule has 0 N–H and O–H groups in total. The first-order valence-electron chi connectivity index (χ1n) is 43.5. The molecule has 0 radical (unpaired) electrons. The molecule has 2 aliphatic carbocycles. The van der Waals surface area contributed by atoms with Crippen molar-refractivity contribution in [3.63, 3.8) is 0 Å². The normalized spacial score (nSPS) is 14.4. The third kappa shape index (κ3) is 21.5. The first-order chi connectivity index (χ1) is 57.9. The minimum absolute atomic E-state index is 0.00668. The fourth-order valence-electron chi connectivity index (χ4n) is 17.0. The van der Waals surface area contributed by atoms with Crippen molar-refractivity contribution < 1.29 is 27.2 Å². The van der Waals surface area contributed by atoms with Gasteiger partial charge in [0.15, 0.2) is 34.8 Å². The molecule has 2 atom stereocenters. The molecule has 21 heteroatoms. The van der Waals surface area contributed by atoms with E-state index >= 15 is 17.6 Å². The highest BCUT2D eigenvalue weighted by molar-refractivity contribution is 7.35. The molecule has 0 bridgehead atoms. The van der Waals surface area contributed by atoms with Crippen LogP contribution in [0.4, 0.5) is 17.6 Å². The van der Waals surface area contributed by atoms with Crippen LogP contribution in [-0.2, 0) is 25.7 Å². The molecule has 2 aliphatic rings. The highest BCUT2D eigenvalue weighted by Crippen LogP contribution is 2.56. The van der Waals surface area contributed by atoms with E-state index in [-0.39, 0.29) is 55.8 Å². The summed E-state index contributed by atoms with van der Waals surface area (Å²) in [5.74, 6) is -5.02. The Hall–Kier alpha value is -7.24. The molecule has 0 saturated carbocycles. The van der Waals surface area contributed by atoms with E-state index in [9.17, 15) is 25.4 Å². The van der Waals surface area contributed by atoms with Crippen LogP contribution in [0.1, 0.15) is 322 Å².